The summed E-state index contributed by atoms with van der Waals surface area (Å²) in [6.45, 7) is 4.23. The van der Waals surface area contributed by atoms with Crippen molar-refractivity contribution >= 4 is 35.4 Å². The average Bonchev–Trinajstić information content (AvgIpc) is 2.87. The van der Waals surface area contributed by atoms with Gasteiger partial charge >= 0.3 is 12.0 Å². The zero-order valence-corrected chi connectivity index (χ0v) is 20.3. The van der Waals surface area contributed by atoms with Crippen molar-refractivity contribution in [2.75, 3.05) is 19.0 Å². The second kappa shape index (κ2) is 11.8. The minimum atomic E-state index is -0.740. The number of esters is 1. The Morgan fingerprint density at radius 3 is 2.58 bits per heavy atom. The lowest BCUT2D eigenvalue weighted by Crippen LogP contribution is -2.48. The standard InChI is InChI=1S/C26H28N4O6/c1-4-5-15-29-17(2)23(25(32)36-3)24(28-26(29)33)19-7-6-8-20(16-19)27-22(31)14-11-18-9-12-21(13-10-18)30(34)35/h6-14,16,24H,4-5,15H2,1-3H3,(H,27,31)(H,28,33)/b14-11+. The monoisotopic (exact) mass is 492 g/mol. The highest BCUT2D eigenvalue weighted by Gasteiger charge is 2.36. The number of carbonyl (C=O) groups is 3. The van der Waals surface area contributed by atoms with Crippen molar-refractivity contribution in [2.24, 2.45) is 0 Å². The number of benzene rings is 2. The summed E-state index contributed by atoms with van der Waals surface area (Å²) in [5.74, 6) is -0.955. The lowest BCUT2D eigenvalue weighted by molar-refractivity contribution is -0.384. The molecule has 188 valence electrons. The Bertz CT molecular complexity index is 1220. The Kier molecular flexibility index (Phi) is 8.56. The number of hydrogen-bond donors (Lipinski definition) is 2. The van der Waals surface area contributed by atoms with Crippen molar-refractivity contribution in [2.45, 2.75) is 32.7 Å². The number of nitrogens with zero attached hydrogens (tertiary/aromatic N) is 2. The number of unbranched alkanes of at least 4 members (excludes halogenated alkanes) is 1. The van der Waals surface area contributed by atoms with E-state index in [0.29, 0.717) is 34.6 Å². The lowest BCUT2D eigenvalue weighted by Gasteiger charge is -2.35. The van der Waals surface area contributed by atoms with Crippen LogP contribution in [-0.2, 0) is 14.3 Å². The number of non-ortho nitro benzene ring substituents is 1. The van der Waals surface area contributed by atoms with Crippen LogP contribution in [0.4, 0.5) is 16.2 Å². The number of amides is 3. The average molecular weight is 493 g/mol. The molecule has 0 spiro atoms. The van der Waals surface area contributed by atoms with Crippen molar-refractivity contribution in [3.05, 3.63) is 87.1 Å². The second-order valence-corrected chi connectivity index (χ2v) is 8.18. The van der Waals surface area contributed by atoms with Crippen LogP contribution in [-0.4, -0.2) is 41.4 Å². The quantitative estimate of drug-likeness (QED) is 0.228. The summed E-state index contributed by atoms with van der Waals surface area (Å²) in [5.41, 5.74) is 2.53. The number of carbonyl (C=O) groups excluding carboxylic acids is 3. The molecule has 2 aromatic carbocycles. The fourth-order valence-electron chi connectivity index (χ4n) is 3.85. The highest BCUT2D eigenvalue weighted by molar-refractivity contribution is 6.02. The third-order valence-electron chi connectivity index (χ3n) is 5.76. The van der Waals surface area contributed by atoms with Gasteiger partial charge in [-0.3, -0.25) is 19.8 Å². The largest absolute Gasteiger partial charge is 0.466 e. The first kappa shape index (κ1) is 26.1. The first-order valence-corrected chi connectivity index (χ1v) is 11.5. The molecule has 3 rings (SSSR count). The van der Waals surface area contributed by atoms with Gasteiger partial charge in [0.2, 0.25) is 5.91 Å². The Morgan fingerprint density at radius 2 is 1.94 bits per heavy atom. The van der Waals surface area contributed by atoms with E-state index in [4.69, 9.17) is 4.74 Å². The van der Waals surface area contributed by atoms with Gasteiger partial charge in [-0.25, -0.2) is 9.59 Å². The molecule has 1 atom stereocenters. The fourth-order valence-corrected chi connectivity index (χ4v) is 3.85. The van der Waals surface area contributed by atoms with Crippen molar-refractivity contribution in [1.82, 2.24) is 10.2 Å². The van der Waals surface area contributed by atoms with Gasteiger partial charge in [-0.15, -0.1) is 0 Å². The number of nitrogens with one attached hydrogen (secondary N) is 2. The molecular formula is C26H28N4O6. The van der Waals surface area contributed by atoms with Crippen LogP contribution in [0.3, 0.4) is 0 Å². The van der Waals surface area contributed by atoms with Crippen LogP contribution in [0, 0.1) is 10.1 Å². The molecule has 1 aliphatic heterocycles. The molecule has 1 aliphatic rings. The topological polar surface area (TPSA) is 131 Å². The van der Waals surface area contributed by atoms with Gasteiger partial charge in [0.05, 0.1) is 23.6 Å². The predicted octanol–water partition coefficient (Wildman–Crippen LogP) is 4.56. The van der Waals surface area contributed by atoms with E-state index in [2.05, 4.69) is 10.6 Å². The van der Waals surface area contributed by atoms with Crippen LogP contribution >= 0.6 is 0 Å². The SMILES string of the molecule is CCCCN1C(=O)NC(c2cccc(NC(=O)/C=C/c3ccc([N+](=O)[O-])cc3)c2)C(C(=O)OC)=C1C. The van der Waals surface area contributed by atoms with Crippen LogP contribution < -0.4 is 10.6 Å². The number of urea groups is 1. The van der Waals surface area contributed by atoms with Gasteiger partial charge in [0, 0.05) is 36.1 Å². The fraction of sp³-hybridized carbons (Fsp3) is 0.269. The van der Waals surface area contributed by atoms with E-state index >= 15 is 0 Å². The molecular weight excluding hydrogens is 464 g/mol. The van der Waals surface area contributed by atoms with Gasteiger partial charge in [-0.2, -0.15) is 0 Å². The molecule has 0 bridgehead atoms. The van der Waals surface area contributed by atoms with Gasteiger partial charge in [0.25, 0.3) is 5.69 Å². The molecule has 0 radical (unpaired) electrons. The smallest absolute Gasteiger partial charge is 0.337 e. The Morgan fingerprint density at radius 1 is 1.22 bits per heavy atom. The van der Waals surface area contributed by atoms with Gasteiger partial charge in [0.1, 0.15) is 0 Å². The predicted molar refractivity (Wildman–Crippen MR) is 135 cm³/mol. The van der Waals surface area contributed by atoms with Crippen LogP contribution in [0.5, 0.6) is 0 Å². The van der Waals surface area contributed by atoms with Crippen molar-refractivity contribution in [1.29, 1.82) is 0 Å². The minimum absolute atomic E-state index is 0.0349. The van der Waals surface area contributed by atoms with Crippen molar-refractivity contribution in [3.63, 3.8) is 0 Å². The van der Waals surface area contributed by atoms with Crippen molar-refractivity contribution < 1.29 is 24.0 Å². The lowest BCUT2D eigenvalue weighted by atomic mass is 9.94. The number of rotatable bonds is 9. The van der Waals surface area contributed by atoms with Crippen molar-refractivity contribution in [3.8, 4) is 0 Å². The molecule has 0 saturated heterocycles. The molecule has 1 heterocycles. The molecule has 2 N–H and O–H groups in total. The summed E-state index contributed by atoms with van der Waals surface area (Å²) < 4.78 is 5.00. The third kappa shape index (κ3) is 6.15. The Labute approximate surface area is 208 Å². The van der Waals surface area contributed by atoms with E-state index in [-0.39, 0.29) is 11.7 Å². The molecule has 3 amide bonds. The van der Waals surface area contributed by atoms with E-state index < -0.39 is 22.8 Å². The van der Waals surface area contributed by atoms with E-state index in [1.54, 1.807) is 48.2 Å². The summed E-state index contributed by atoms with van der Waals surface area (Å²) in [7, 11) is 1.29. The number of hydrogen-bond acceptors (Lipinski definition) is 6. The van der Waals surface area contributed by atoms with Gasteiger partial charge in [0.15, 0.2) is 0 Å². The summed E-state index contributed by atoms with van der Waals surface area (Å²) in [5, 5.41) is 16.4. The van der Waals surface area contributed by atoms with Crippen LogP contribution in [0.15, 0.2) is 65.9 Å². The van der Waals surface area contributed by atoms with Gasteiger partial charge < -0.3 is 15.4 Å². The molecule has 36 heavy (non-hydrogen) atoms. The third-order valence-corrected chi connectivity index (χ3v) is 5.76. The maximum absolute atomic E-state index is 12.8. The highest BCUT2D eigenvalue weighted by Crippen LogP contribution is 2.32. The molecule has 0 aliphatic carbocycles. The van der Waals surface area contributed by atoms with E-state index in [0.717, 1.165) is 12.8 Å². The molecule has 10 nitrogen and oxygen atoms in total. The number of nitro benzene ring substituents is 1. The maximum Gasteiger partial charge on any atom is 0.337 e. The van der Waals surface area contributed by atoms with E-state index in [1.165, 1.54) is 31.4 Å². The summed E-state index contributed by atoms with van der Waals surface area (Å²) in [6, 6.07) is 11.6. The number of methoxy groups -OCH3 is 1. The summed E-state index contributed by atoms with van der Waals surface area (Å²) >= 11 is 0. The molecule has 1 unspecified atom stereocenters. The number of anilines is 1. The van der Waals surface area contributed by atoms with E-state index in [1.807, 2.05) is 6.92 Å². The molecule has 0 saturated carbocycles. The highest BCUT2D eigenvalue weighted by atomic mass is 16.6. The Balaban J connectivity index is 1.80. The maximum atomic E-state index is 12.8. The van der Waals surface area contributed by atoms with Crippen LogP contribution in [0.1, 0.15) is 43.9 Å². The molecule has 0 aromatic heterocycles. The normalized spacial score (nSPS) is 15.6. The number of nitro groups is 1. The Hall–Kier alpha value is -4.47. The minimum Gasteiger partial charge on any atom is -0.466 e. The summed E-state index contributed by atoms with van der Waals surface area (Å²) in [4.78, 5) is 49.7. The molecule has 0 fully saturated rings. The number of allylic oxidation sites excluding steroid dienone is 1. The zero-order valence-electron chi connectivity index (χ0n) is 20.3. The number of ether oxygens (including phenoxy) is 1. The van der Waals surface area contributed by atoms with Gasteiger partial charge in [-0.05, 0) is 54.8 Å². The van der Waals surface area contributed by atoms with E-state index in [9.17, 15) is 24.5 Å². The molecule has 10 heteroatoms. The summed E-state index contributed by atoms with van der Waals surface area (Å²) in [6.07, 6.45) is 4.54. The molecule has 2 aromatic rings. The van der Waals surface area contributed by atoms with Gasteiger partial charge in [-0.1, -0.05) is 25.5 Å². The van der Waals surface area contributed by atoms with Crippen LogP contribution in [0.2, 0.25) is 0 Å². The zero-order chi connectivity index (χ0) is 26.2. The first-order chi connectivity index (χ1) is 17.2. The first-order valence-electron chi connectivity index (χ1n) is 11.5. The van der Waals surface area contributed by atoms with Crippen LogP contribution in [0.25, 0.3) is 6.08 Å². The second-order valence-electron chi connectivity index (χ2n) is 8.18.